The number of aliphatic hydroxyl groups excluding tert-OH is 1. The number of nitro groups is 1. The molecule has 4 atom stereocenters. The van der Waals surface area contributed by atoms with Gasteiger partial charge in [0.05, 0.1) is 62.7 Å². The van der Waals surface area contributed by atoms with Crippen LogP contribution in [0.15, 0.2) is 133 Å². The van der Waals surface area contributed by atoms with E-state index < -0.39 is 30.6 Å². The van der Waals surface area contributed by atoms with Crippen LogP contribution in [0.3, 0.4) is 0 Å². The van der Waals surface area contributed by atoms with Crippen LogP contribution in [0, 0.1) is 16.0 Å². The highest BCUT2D eigenvalue weighted by molar-refractivity contribution is 6.91. The molecule has 3 aliphatic rings. The molecule has 1 N–H and O–H groups in total. The lowest BCUT2D eigenvalue weighted by Crippen LogP contribution is -2.52. The first-order chi connectivity index (χ1) is 30.4. The monoisotopic (exact) mass is 860 g/mol. The lowest BCUT2D eigenvalue weighted by Gasteiger charge is -2.37. The van der Waals surface area contributed by atoms with Crippen LogP contribution < -0.4 is 19.7 Å². The molecule has 0 unspecified atom stereocenters. The number of aliphatic hydroxyl groups is 1. The molecule has 320 valence electrons. The van der Waals surface area contributed by atoms with Gasteiger partial charge in [-0.2, -0.15) is 0 Å². The molecule has 0 saturated carbocycles. The Morgan fingerprint density at radius 1 is 0.889 bits per heavy atom. The summed E-state index contributed by atoms with van der Waals surface area (Å²) >= 11 is 0. The number of carbonyl (C=O) groups is 3. The number of anilines is 3. The first kappa shape index (κ1) is 41.7. The highest BCUT2D eigenvalue weighted by atomic mass is 28.3. The van der Waals surface area contributed by atoms with Crippen molar-refractivity contribution in [2.24, 2.45) is 5.92 Å². The largest absolute Gasteiger partial charge is 0.497 e. The fourth-order valence-corrected chi connectivity index (χ4v) is 14.4. The molecule has 63 heavy (non-hydrogen) atoms. The van der Waals surface area contributed by atoms with Crippen molar-refractivity contribution in [3.8, 4) is 5.75 Å². The zero-order valence-electron chi connectivity index (χ0n) is 35.6. The van der Waals surface area contributed by atoms with E-state index >= 15 is 4.79 Å². The van der Waals surface area contributed by atoms with Gasteiger partial charge in [0.25, 0.3) is 17.5 Å². The maximum Gasteiger partial charge on any atom is 0.269 e. The molecule has 3 amide bonds. The number of fused-ring (bicyclic) bond motifs is 2. The van der Waals surface area contributed by atoms with Crippen molar-refractivity contribution in [2.75, 3.05) is 30.1 Å². The average molecular weight is 861 g/mol. The van der Waals surface area contributed by atoms with E-state index in [-0.39, 0.29) is 61.6 Å². The van der Waals surface area contributed by atoms with Gasteiger partial charge in [0.2, 0.25) is 5.91 Å². The van der Waals surface area contributed by atoms with Crippen molar-refractivity contribution in [2.45, 2.75) is 56.8 Å². The Bertz CT molecular complexity index is 2780. The smallest absolute Gasteiger partial charge is 0.269 e. The molecule has 3 heterocycles. The van der Waals surface area contributed by atoms with E-state index in [9.17, 15) is 24.8 Å². The number of hydrogen-bond donors (Lipinski definition) is 1. The summed E-state index contributed by atoms with van der Waals surface area (Å²) < 4.78 is 12.7. The van der Waals surface area contributed by atoms with Gasteiger partial charge in [-0.25, -0.2) is 0 Å². The molecular formula is C50H48N4O8Si. The molecule has 6 aromatic carbocycles. The number of non-ortho nitro benzene ring substituents is 1. The Balaban J connectivity index is 1.11. The summed E-state index contributed by atoms with van der Waals surface area (Å²) in [6.45, 7) is 6.63. The van der Waals surface area contributed by atoms with Gasteiger partial charge in [-0.3, -0.25) is 29.4 Å². The predicted octanol–water partition coefficient (Wildman–Crippen LogP) is 8.22. The number of nitrogens with zero attached hydrogens (tertiary/aromatic N) is 4. The Morgan fingerprint density at radius 3 is 2.32 bits per heavy atom. The normalized spacial score (nSPS) is 20.2. The highest BCUT2D eigenvalue weighted by Crippen LogP contribution is 2.60. The van der Waals surface area contributed by atoms with Crippen LogP contribution >= 0.6 is 0 Å². The third-order valence-electron chi connectivity index (χ3n) is 13.4. The quantitative estimate of drug-likeness (QED) is 0.0696. The molecule has 6 aromatic rings. The molecule has 0 radical (unpaired) electrons. The number of benzene rings is 6. The number of nitro benzene ring substituents is 1. The number of methoxy groups -OCH3 is 1. The fraction of sp³-hybridized carbons (Fsp3) is 0.260. The Morgan fingerprint density at radius 2 is 1.60 bits per heavy atom. The van der Waals surface area contributed by atoms with Gasteiger partial charge in [0, 0.05) is 47.8 Å². The lowest BCUT2D eigenvalue weighted by atomic mass is 9.82. The van der Waals surface area contributed by atoms with Gasteiger partial charge in [-0.15, -0.1) is 0 Å². The van der Waals surface area contributed by atoms with Gasteiger partial charge >= 0.3 is 0 Å². The first-order valence-electron chi connectivity index (χ1n) is 21.2. The topological polar surface area (TPSA) is 143 Å². The van der Waals surface area contributed by atoms with E-state index in [2.05, 4.69) is 13.1 Å². The zero-order chi connectivity index (χ0) is 44.2. The summed E-state index contributed by atoms with van der Waals surface area (Å²) in [5.74, 6) is -0.589. The highest BCUT2D eigenvalue weighted by Gasteiger charge is 2.67. The summed E-state index contributed by atoms with van der Waals surface area (Å²) in [6.07, 6.45) is -0.840. The zero-order valence-corrected chi connectivity index (χ0v) is 36.6. The second kappa shape index (κ2) is 16.2. The van der Waals surface area contributed by atoms with E-state index in [0.717, 1.165) is 32.8 Å². The van der Waals surface area contributed by atoms with Crippen molar-refractivity contribution < 1.29 is 33.9 Å². The molecule has 1 spiro atoms. The summed E-state index contributed by atoms with van der Waals surface area (Å²) in [4.78, 5) is 60.9. The van der Waals surface area contributed by atoms with Crippen LogP contribution in [-0.2, 0) is 33.0 Å². The van der Waals surface area contributed by atoms with E-state index in [0.29, 0.717) is 28.3 Å². The molecule has 1 fully saturated rings. The molecule has 0 aromatic heterocycles. The van der Waals surface area contributed by atoms with Crippen molar-refractivity contribution in [1.82, 2.24) is 4.90 Å². The maximum atomic E-state index is 15.6. The van der Waals surface area contributed by atoms with Crippen LogP contribution in [0.5, 0.6) is 5.75 Å². The van der Waals surface area contributed by atoms with Crippen molar-refractivity contribution in [3.05, 3.63) is 166 Å². The van der Waals surface area contributed by atoms with Crippen molar-refractivity contribution in [3.63, 3.8) is 0 Å². The van der Waals surface area contributed by atoms with E-state index in [1.165, 1.54) is 12.1 Å². The van der Waals surface area contributed by atoms with Crippen LogP contribution in [0.1, 0.15) is 40.4 Å². The Labute approximate surface area is 366 Å². The molecule has 0 aliphatic carbocycles. The number of hydrogen-bond acceptors (Lipinski definition) is 8. The number of amides is 3. The average Bonchev–Trinajstić information content (AvgIpc) is 3.84. The number of carbonyl (C=O) groups excluding carboxylic acids is 3. The first-order valence-corrected chi connectivity index (χ1v) is 24.3. The molecule has 12 nitrogen and oxygen atoms in total. The molecular weight excluding hydrogens is 813 g/mol. The summed E-state index contributed by atoms with van der Waals surface area (Å²) in [6, 6.07) is 41.0. The van der Waals surface area contributed by atoms with Gasteiger partial charge in [0.15, 0.2) is 5.60 Å². The van der Waals surface area contributed by atoms with Gasteiger partial charge in [-0.1, -0.05) is 104 Å². The third-order valence-corrected chi connectivity index (χ3v) is 17.8. The van der Waals surface area contributed by atoms with Crippen LogP contribution in [-0.4, -0.2) is 67.1 Å². The van der Waals surface area contributed by atoms with E-state index in [1.54, 1.807) is 27.9 Å². The lowest BCUT2D eigenvalue weighted by molar-refractivity contribution is -0.385. The summed E-state index contributed by atoms with van der Waals surface area (Å²) in [5.41, 5.74) is 2.38. The van der Waals surface area contributed by atoms with Crippen molar-refractivity contribution in [1.29, 1.82) is 0 Å². The summed E-state index contributed by atoms with van der Waals surface area (Å²) in [5, 5.41) is 25.4. The van der Waals surface area contributed by atoms with Crippen LogP contribution in [0.4, 0.5) is 22.7 Å². The third kappa shape index (κ3) is 6.96. The minimum atomic E-state index is -2.70. The molecule has 3 aliphatic heterocycles. The molecule has 13 heteroatoms. The van der Waals surface area contributed by atoms with Gasteiger partial charge in [0.1, 0.15) is 5.75 Å². The standard InChI is InChI=1S/C50H48N4O8Si/c1-32-47(63(3,4)39-22-20-38(61-2)21-23-39)44(29-45(56)51(25-26-55)30-33-11-6-5-7-12-33)62-50(32)41-28-37(54(59)60)19-24-42(41)52(49(50)58)31-34-13-8-16-36(27-34)53-43-18-10-15-35-14-9-17-40(46(35)43)48(53)57/h5-24,27-28,32,44,47,55H,25-26,29-31H2,1-4H3/t32-,44+,47-,50+/m1/s1. The minimum absolute atomic E-state index is 0.0746. The van der Waals surface area contributed by atoms with Crippen molar-refractivity contribution >= 4 is 64.5 Å². The van der Waals surface area contributed by atoms with Gasteiger partial charge < -0.3 is 24.4 Å². The molecule has 0 bridgehead atoms. The van der Waals surface area contributed by atoms with E-state index in [1.807, 2.05) is 122 Å². The van der Waals surface area contributed by atoms with Crippen LogP contribution in [0.2, 0.25) is 18.6 Å². The summed E-state index contributed by atoms with van der Waals surface area (Å²) in [7, 11) is -1.09. The minimum Gasteiger partial charge on any atom is -0.497 e. The SMILES string of the molecule is COc1ccc([Si](C)(C)[C@H]2[C@H](CC(=O)N(CCO)Cc3ccccc3)O[C@@]3(C(=O)N(Cc4cccc(N5C(=O)c6cccc7cccc5c67)c4)c4ccc([N+](=O)[O-])cc43)[C@@H]2C)cc1. The number of ether oxygens (including phenoxy) is 2. The predicted molar refractivity (Wildman–Crippen MR) is 244 cm³/mol. The van der Waals surface area contributed by atoms with Crippen LogP contribution in [0.25, 0.3) is 10.8 Å². The Hall–Kier alpha value is -6.67. The maximum absolute atomic E-state index is 15.6. The number of rotatable bonds is 13. The van der Waals surface area contributed by atoms with E-state index in [4.69, 9.17) is 9.47 Å². The fourth-order valence-electron chi connectivity index (χ4n) is 10.4. The second-order valence-corrected chi connectivity index (χ2v) is 21.9. The molecule has 9 rings (SSSR count). The second-order valence-electron chi connectivity index (χ2n) is 17.2. The Kier molecular flexibility index (Phi) is 10.7. The molecule has 1 saturated heterocycles. The van der Waals surface area contributed by atoms with Gasteiger partial charge in [-0.05, 0) is 64.5 Å².